The van der Waals surface area contributed by atoms with E-state index < -0.39 is 0 Å². The van der Waals surface area contributed by atoms with Crippen LogP contribution in [0.2, 0.25) is 0 Å². The molecule has 1 heteroatoms. The van der Waals surface area contributed by atoms with Crippen LogP contribution in [0, 0.1) is 11.3 Å². The van der Waals surface area contributed by atoms with Gasteiger partial charge >= 0.3 is 0 Å². The van der Waals surface area contributed by atoms with Gasteiger partial charge in [-0.1, -0.05) is 27.2 Å². The lowest BCUT2D eigenvalue weighted by atomic mass is 9.70. The average molecular weight is 226 g/mol. The van der Waals surface area contributed by atoms with E-state index in [0.29, 0.717) is 11.5 Å². The Morgan fingerprint density at radius 1 is 1.38 bits per heavy atom. The normalized spacial score (nSPS) is 27.8. The number of rotatable bonds is 4. The molecule has 1 rings (SSSR count). The summed E-state index contributed by atoms with van der Waals surface area (Å²) >= 11 is 0. The number of hydrogen-bond donors (Lipinski definition) is 0. The fourth-order valence-corrected chi connectivity index (χ4v) is 2.84. The second-order valence-corrected chi connectivity index (χ2v) is 6.96. The van der Waals surface area contributed by atoms with E-state index in [0.717, 1.165) is 12.3 Å². The van der Waals surface area contributed by atoms with E-state index >= 15 is 0 Å². The molecule has 96 valence electrons. The molecule has 0 saturated heterocycles. The molecule has 1 fully saturated rings. The lowest BCUT2D eigenvalue weighted by Crippen LogP contribution is -2.36. The van der Waals surface area contributed by atoms with Crippen LogP contribution >= 0.6 is 0 Å². The summed E-state index contributed by atoms with van der Waals surface area (Å²) in [6.07, 6.45) is 6.94. The lowest BCUT2D eigenvalue weighted by Gasteiger charge is -2.40. The highest BCUT2D eigenvalue weighted by Crippen LogP contribution is 2.41. The van der Waals surface area contributed by atoms with Crippen LogP contribution in [0.5, 0.6) is 0 Å². The average Bonchev–Trinajstić information content (AvgIpc) is 2.15. The van der Waals surface area contributed by atoms with Gasteiger partial charge in [0.15, 0.2) is 0 Å². The van der Waals surface area contributed by atoms with E-state index in [1.165, 1.54) is 25.7 Å². The van der Waals surface area contributed by atoms with Gasteiger partial charge in [0.25, 0.3) is 0 Å². The van der Waals surface area contributed by atoms with Gasteiger partial charge in [-0.05, 0) is 57.8 Å². The SMILES string of the molecule is CCC(C)(C)OC(C)C1CCCC(C)(C)C1. The monoisotopic (exact) mass is 226 g/mol. The van der Waals surface area contributed by atoms with E-state index in [1.807, 2.05) is 0 Å². The van der Waals surface area contributed by atoms with Crippen molar-refractivity contribution in [2.45, 2.75) is 85.4 Å². The van der Waals surface area contributed by atoms with Crippen molar-refractivity contribution < 1.29 is 4.74 Å². The molecule has 1 aliphatic carbocycles. The Labute approximate surface area is 102 Å². The first kappa shape index (κ1) is 14.0. The fraction of sp³-hybridized carbons (Fsp3) is 1.00. The number of ether oxygens (including phenoxy) is 1. The first-order chi connectivity index (χ1) is 7.26. The van der Waals surface area contributed by atoms with E-state index in [9.17, 15) is 0 Å². The van der Waals surface area contributed by atoms with Crippen LogP contribution in [0.3, 0.4) is 0 Å². The molecule has 0 aliphatic heterocycles. The third-order valence-electron chi connectivity index (χ3n) is 4.26. The molecule has 0 heterocycles. The zero-order chi connectivity index (χ0) is 12.4. The highest BCUT2D eigenvalue weighted by Gasteiger charge is 2.33. The van der Waals surface area contributed by atoms with Crippen molar-refractivity contribution >= 4 is 0 Å². The summed E-state index contributed by atoms with van der Waals surface area (Å²) in [7, 11) is 0. The molecule has 16 heavy (non-hydrogen) atoms. The minimum Gasteiger partial charge on any atom is -0.372 e. The third-order valence-corrected chi connectivity index (χ3v) is 4.26. The van der Waals surface area contributed by atoms with Crippen molar-refractivity contribution in [2.24, 2.45) is 11.3 Å². The Morgan fingerprint density at radius 3 is 2.50 bits per heavy atom. The zero-order valence-corrected chi connectivity index (χ0v) is 12.1. The fourth-order valence-electron chi connectivity index (χ4n) is 2.84. The molecule has 0 aromatic rings. The first-order valence-electron chi connectivity index (χ1n) is 6.93. The maximum atomic E-state index is 6.22. The maximum Gasteiger partial charge on any atom is 0.0627 e. The molecule has 1 nitrogen and oxygen atoms in total. The van der Waals surface area contributed by atoms with Crippen molar-refractivity contribution in [1.29, 1.82) is 0 Å². The topological polar surface area (TPSA) is 9.23 Å². The first-order valence-corrected chi connectivity index (χ1v) is 6.93. The second kappa shape index (κ2) is 5.08. The van der Waals surface area contributed by atoms with Gasteiger partial charge in [0, 0.05) is 0 Å². The number of hydrogen-bond acceptors (Lipinski definition) is 1. The van der Waals surface area contributed by atoms with Gasteiger partial charge in [-0.3, -0.25) is 0 Å². The predicted molar refractivity (Wildman–Crippen MR) is 70.7 cm³/mol. The van der Waals surface area contributed by atoms with Gasteiger partial charge in [-0.25, -0.2) is 0 Å². The highest BCUT2D eigenvalue weighted by molar-refractivity contribution is 4.83. The summed E-state index contributed by atoms with van der Waals surface area (Å²) in [5.41, 5.74) is 0.567. The highest BCUT2D eigenvalue weighted by atomic mass is 16.5. The summed E-state index contributed by atoms with van der Waals surface area (Å²) < 4.78 is 6.22. The van der Waals surface area contributed by atoms with Crippen LogP contribution in [0.4, 0.5) is 0 Å². The van der Waals surface area contributed by atoms with Crippen molar-refractivity contribution in [2.75, 3.05) is 0 Å². The molecule has 0 radical (unpaired) electrons. The molecule has 0 spiro atoms. The summed E-state index contributed by atoms with van der Waals surface area (Å²) in [5.74, 6) is 0.759. The molecular weight excluding hydrogens is 196 g/mol. The minimum atomic E-state index is 0.0427. The van der Waals surface area contributed by atoms with Crippen molar-refractivity contribution in [3.05, 3.63) is 0 Å². The Bertz CT molecular complexity index is 217. The second-order valence-electron chi connectivity index (χ2n) is 6.96. The largest absolute Gasteiger partial charge is 0.372 e. The van der Waals surface area contributed by atoms with Crippen LogP contribution in [-0.4, -0.2) is 11.7 Å². The predicted octanol–water partition coefficient (Wildman–Crippen LogP) is 4.80. The van der Waals surface area contributed by atoms with Gasteiger partial charge in [0.05, 0.1) is 11.7 Å². The van der Waals surface area contributed by atoms with Crippen molar-refractivity contribution in [3.63, 3.8) is 0 Å². The van der Waals surface area contributed by atoms with Gasteiger partial charge in [-0.15, -0.1) is 0 Å². The zero-order valence-electron chi connectivity index (χ0n) is 12.1. The molecule has 0 N–H and O–H groups in total. The molecule has 0 bridgehead atoms. The Kier molecular flexibility index (Phi) is 4.45. The van der Waals surface area contributed by atoms with E-state index in [-0.39, 0.29) is 5.60 Å². The van der Waals surface area contributed by atoms with Crippen LogP contribution < -0.4 is 0 Å². The van der Waals surface area contributed by atoms with Crippen LogP contribution in [-0.2, 0) is 4.74 Å². The molecule has 1 aliphatic rings. The Balaban J connectivity index is 2.51. The molecule has 0 amide bonds. The Morgan fingerprint density at radius 2 is 2.00 bits per heavy atom. The van der Waals surface area contributed by atoms with Gasteiger partial charge in [0.2, 0.25) is 0 Å². The smallest absolute Gasteiger partial charge is 0.0627 e. The van der Waals surface area contributed by atoms with Crippen LogP contribution in [0.25, 0.3) is 0 Å². The summed E-state index contributed by atoms with van der Waals surface area (Å²) in [5, 5.41) is 0. The summed E-state index contributed by atoms with van der Waals surface area (Å²) in [6, 6.07) is 0. The third kappa shape index (κ3) is 4.08. The molecule has 0 aromatic heterocycles. The minimum absolute atomic E-state index is 0.0427. The lowest BCUT2D eigenvalue weighted by molar-refractivity contribution is -0.101. The van der Waals surface area contributed by atoms with Gasteiger partial charge in [-0.2, -0.15) is 0 Å². The summed E-state index contributed by atoms with van der Waals surface area (Å²) in [6.45, 7) is 13.7. The van der Waals surface area contributed by atoms with Gasteiger partial charge in [0.1, 0.15) is 0 Å². The van der Waals surface area contributed by atoms with Crippen molar-refractivity contribution in [3.8, 4) is 0 Å². The Hall–Kier alpha value is -0.0400. The van der Waals surface area contributed by atoms with E-state index in [4.69, 9.17) is 4.74 Å². The van der Waals surface area contributed by atoms with Crippen LogP contribution in [0.15, 0.2) is 0 Å². The maximum absolute atomic E-state index is 6.22. The van der Waals surface area contributed by atoms with Crippen molar-refractivity contribution in [1.82, 2.24) is 0 Å². The van der Waals surface area contributed by atoms with Crippen LogP contribution in [0.1, 0.15) is 73.6 Å². The van der Waals surface area contributed by atoms with E-state index in [2.05, 4.69) is 41.5 Å². The molecule has 0 aromatic carbocycles. The molecule has 2 unspecified atom stereocenters. The molecular formula is C15H30O. The quantitative estimate of drug-likeness (QED) is 0.669. The van der Waals surface area contributed by atoms with E-state index in [1.54, 1.807) is 0 Å². The molecule has 1 saturated carbocycles. The standard InChI is InChI=1S/C15H30O/c1-7-15(5,6)16-12(2)13-9-8-10-14(3,4)11-13/h12-13H,7-11H2,1-6H3. The summed E-state index contributed by atoms with van der Waals surface area (Å²) in [4.78, 5) is 0. The molecule has 2 atom stereocenters. The van der Waals surface area contributed by atoms with Gasteiger partial charge < -0.3 is 4.74 Å².